The fraction of sp³-hybridized carbons (Fsp3) is 0.571. The van der Waals surface area contributed by atoms with E-state index < -0.39 is 11.7 Å². The molecule has 0 aliphatic carbocycles. The maximum atomic E-state index is 12.3. The molecule has 1 aromatic carbocycles. The van der Waals surface area contributed by atoms with Crippen LogP contribution in [0.3, 0.4) is 0 Å². The summed E-state index contributed by atoms with van der Waals surface area (Å²) in [4.78, 5) is 0. The summed E-state index contributed by atoms with van der Waals surface area (Å²) in [6, 6.07) is 5.28. The third kappa shape index (κ3) is 6.83. The third-order valence-electron chi connectivity index (χ3n) is 2.85. The number of unbranched alkanes of at least 4 members (excludes halogenated alkanes) is 3. The van der Waals surface area contributed by atoms with Crippen LogP contribution in [0.1, 0.15) is 36.8 Å². The highest BCUT2D eigenvalue weighted by atomic mass is 35.5. The zero-order valence-corrected chi connectivity index (χ0v) is 11.5. The molecule has 0 atom stereocenters. The molecule has 0 radical (unpaired) electrons. The van der Waals surface area contributed by atoms with E-state index in [1.807, 2.05) is 0 Å². The van der Waals surface area contributed by atoms with Crippen molar-refractivity contribution in [2.24, 2.45) is 0 Å². The molecule has 0 amide bonds. The van der Waals surface area contributed by atoms with Crippen molar-refractivity contribution in [3.05, 3.63) is 35.4 Å². The minimum absolute atomic E-state index is 0.600. The minimum Gasteiger partial charge on any atom is -0.313 e. The monoisotopic (exact) mass is 293 g/mol. The first kappa shape index (κ1) is 16.3. The standard InChI is InChI=1S/C14H19ClF3N/c15-9-3-1-2-4-10-19-11-12-5-7-13(8-6-12)14(16,17)18/h5-8,19H,1-4,9-11H2. The van der Waals surface area contributed by atoms with Gasteiger partial charge in [-0.05, 0) is 37.1 Å². The molecule has 1 aromatic rings. The first-order valence-electron chi connectivity index (χ1n) is 6.47. The molecule has 0 fully saturated rings. The quantitative estimate of drug-likeness (QED) is 0.546. The SMILES string of the molecule is FC(F)(F)c1ccc(CNCCCCCCCl)cc1. The number of hydrogen-bond acceptors (Lipinski definition) is 1. The van der Waals surface area contributed by atoms with Gasteiger partial charge in [0.2, 0.25) is 0 Å². The van der Waals surface area contributed by atoms with Gasteiger partial charge in [0.15, 0.2) is 0 Å². The Morgan fingerprint density at radius 3 is 2.16 bits per heavy atom. The van der Waals surface area contributed by atoms with Gasteiger partial charge in [0.05, 0.1) is 5.56 Å². The number of nitrogens with one attached hydrogen (secondary N) is 1. The summed E-state index contributed by atoms with van der Waals surface area (Å²) >= 11 is 5.57. The zero-order chi connectivity index (χ0) is 14.1. The second-order valence-corrected chi connectivity index (χ2v) is 4.85. The molecule has 19 heavy (non-hydrogen) atoms. The summed E-state index contributed by atoms with van der Waals surface area (Å²) in [7, 11) is 0. The molecule has 0 aliphatic heterocycles. The van der Waals surface area contributed by atoms with Gasteiger partial charge in [-0.2, -0.15) is 13.2 Å². The van der Waals surface area contributed by atoms with Gasteiger partial charge in [0.25, 0.3) is 0 Å². The smallest absolute Gasteiger partial charge is 0.313 e. The Kier molecular flexibility index (Phi) is 7.24. The largest absolute Gasteiger partial charge is 0.416 e. The van der Waals surface area contributed by atoms with Gasteiger partial charge in [-0.25, -0.2) is 0 Å². The topological polar surface area (TPSA) is 12.0 Å². The van der Waals surface area contributed by atoms with Gasteiger partial charge in [0, 0.05) is 12.4 Å². The van der Waals surface area contributed by atoms with Gasteiger partial charge in [0.1, 0.15) is 0 Å². The fourth-order valence-electron chi connectivity index (χ4n) is 1.74. The van der Waals surface area contributed by atoms with Crippen LogP contribution in [0.15, 0.2) is 24.3 Å². The van der Waals surface area contributed by atoms with Crippen LogP contribution in [0.5, 0.6) is 0 Å². The fourth-order valence-corrected chi connectivity index (χ4v) is 1.93. The molecule has 0 aromatic heterocycles. The lowest BCUT2D eigenvalue weighted by Crippen LogP contribution is -2.15. The van der Waals surface area contributed by atoms with Crippen LogP contribution in [-0.2, 0) is 12.7 Å². The number of hydrogen-bond donors (Lipinski definition) is 1. The van der Waals surface area contributed by atoms with E-state index in [4.69, 9.17) is 11.6 Å². The average Bonchev–Trinajstić information content (AvgIpc) is 2.37. The Balaban J connectivity index is 2.20. The summed E-state index contributed by atoms with van der Waals surface area (Å²) in [6.45, 7) is 1.48. The predicted molar refractivity (Wildman–Crippen MR) is 72.3 cm³/mol. The molecule has 1 N–H and O–H groups in total. The van der Waals surface area contributed by atoms with Crippen LogP contribution >= 0.6 is 11.6 Å². The first-order chi connectivity index (χ1) is 9.04. The maximum Gasteiger partial charge on any atom is 0.416 e. The van der Waals surface area contributed by atoms with E-state index in [2.05, 4.69) is 5.32 Å². The summed E-state index contributed by atoms with van der Waals surface area (Å²) in [5, 5.41) is 3.22. The van der Waals surface area contributed by atoms with Gasteiger partial charge >= 0.3 is 6.18 Å². The molecule has 0 aliphatic rings. The van der Waals surface area contributed by atoms with E-state index in [-0.39, 0.29) is 0 Å². The molecule has 108 valence electrons. The Morgan fingerprint density at radius 2 is 1.58 bits per heavy atom. The molecule has 0 spiro atoms. The highest BCUT2D eigenvalue weighted by molar-refractivity contribution is 6.17. The second-order valence-electron chi connectivity index (χ2n) is 4.47. The van der Waals surface area contributed by atoms with E-state index >= 15 is 0 Å². The van der Waals surface area contributed by atoms with Gasteiger partial charge < -0.3 is 5.32 Å². The summed E-state index contributed by atoms with van der Waals surface area (Å²) < 4.78 is 37.0. The molecular weight excluding hydrogens is 275 g/mol. The number of halogens is 4. The Hall–Kier alpha value is -0.740. The van der Waals surface area contributed by atoms with E-state index in [1.54, 1.807) is 0 Å². The van der Waals surface area contributed by atoms with Gasteiger partial charge in [-0.15, -0.1) is 11.6 Å². The highest BCUT2D eigenvalue weighted by Crippen LogP contribution is 2.28. The van der Waals surface area contributed by atoms with Crippen LogP contribution in [0.4, 0.5) is 13.2 Å². The van der Waals surface area contributed by atoms with Gasteiger partial charge in [-0.3, -0.25) is 0 Å². The lowest BCUT2D eigenvalue weighted by molar-refractivity contribution is -0.137. The van der Waals surface area contributed by atoms with Crippen molar-refractivity contribution in [1.29, 1.82) is 0 Å². The van der Waals surface area contributed by atoms with Crippen molar-refractivity contribution in [2.45, 2.75) is 38.4 Å². The van der Waals surface area contributed by atoms with E-state index in [1.165, 1.54) is 12.1 Å². The summed E-state index contributed by atoms with van der Waals surface area (Å²) in [6.07, 6.45) is 0.116. The average molecular weight is 294 g/mol. The zero-order valence-electron chi connectivity index (χ0n) is 10.8. The molecule has 5 heteroatoms. The summed E-state index contributed by atoms with van der Waals surface area (Å²) in [5.74, 6) is 0.707. The van der Waals surface area contributed by atoms with Crippen molar-refractivity contribution >= 4 is 11.6 Å². The van der Waals surface area contributed by atoms with Crippen molar-refractivity contribution in [1.82, 2.24) is 5.32 Å². The molecule has 1 nitrogen and oxygen atoms in total. The molecule has 0 bridgehead atoms. The van der Waals surface area contributed by atoms with Crippen molar-refractivity contribution < 1.29 is 13.2 Å². The van der Waals surface area contributed by atoms with Gasteiger partial charge in [-0.1, -0.05) is 25.0 Å². The number of benzene rings is 1. The number of alkyl halides is 4. The predicted octanol–water partition coefficient (Wildman–Crippen LogP) is 4.59. The molecule has 0 saturated heterocycles. The Labute approximate surface area is 117 Å². The second kappa shape index (κ2) is 8.43. The van der Waals surface area contributed by atoms with Crippen LogP contribution in [0.25, 0.3) is 0 Å². The normalized spacial score (nSPS) is 11.8. The Morgan fingerprint density at radius 1 is 0.947 bits per heavy atom. The molecular formula is C14H19ClF3N. The summed E-state index contributed by atoms with van der Waals surface area (Å²) in [5.41, 5.74) is 0.270. The third-order valence-corrected chi connectivity index (χ3v) is 3.11. The molecule has 0 heterocycles. The maximum absolute atomic E-state index is 12.3. The van der Waals surface area contributed by atoms with Crippen LogP contribution < -0.4 is 5.32 Å². The van der Waals surface area contributed by atoms with Crippen LogP contribution in [0, 0.1) is 0 Å². The van der Waals surface area contributed by atoms with E-state index in [0.29, 0.717) is 12.4 Å². The highest BCUT2D eigenvalue weighted by Gasteiger charge is 2.29. The van der Waals surface area contributed by atoms with Crippen LogP contribution in [0.2, 0.25) is 0 Å². The van der Waals surface area contributed by atoms with Crippen molar-refractivity contribution in [3.63, 3.8) is 0 Å². The van der Waals surface area contributed by atoms with Crippen LogP contribution in [-0.4, -0.2) is 12.4 Å². The van der Waals surface area contributed by atoms with Crippen molar-refractivity contribution in [3.8, 4) is 0 Å². The van der Waals surface area contributed by atoms with E-state index in [9.17, 15) is 13.2 Å². The lowest BCUT2D eigenvalue weighted by Gasteiger charge is -2.08. The minimum atomic E-state index is -4.26. The lowest BCUT2D eigenvalue weighted by atomic mass is 10.1. The van der Waals surface area contributed by atoms with E-state index in [0.717, 1.165) is 49.9 Å². The molecule has 1 rings (SSSR count). The molecule has 0 unspecified atom stereocenters. The molecule has 0 saturated carbocycles. The first-order valence-corrected chi connectivity index (χ1v) is 7.00. The van der Waals surface area contributed by atoms with Crippen molar-refractivity contribution in [2.75, 3.05) is 12.4 Å². The Bertz CT molecular complexity index is 349. The number of rotatable bonds is 8.